The van der Waals surface area contributed by atoms with E-state index in [0.717, 1.165) is 12.1 Å². The first-order chi connectivity index (χ1) is 10.6. The van der Waals surface area contributed by atoms with Gasteiger partial charge in [-0.15, -0.1) is 0 Å². The predicted molar refractivity (Wildman–Crippen MR) is 76.7 cm³/mol. The number of nitrogens with one attached hydrogen (secondary N) is 2. The van der Waals surface area contributed by atoms with Crippen LogP contribution in [0.5, 0.6) is 0 Å². The summed E-state index contributed by atoms with van der Waals surface area (Å²) in [5, 5.41) is 14.3. The smallest absolute Gasteiger partial charge is 0.132 e. The van der Waals surface area contributed by atoms with Crippen LogP contribution in [0.3, 0.4) is 0 Å². The number of aliphatic imine (C=N–C) groups is 2. The maximum absolute atomic E-state index is 14.2. The van der Waals surface area contributed by atoms with Crippen molar-refractivity contribution in [3.05, 3.63) is 35.4 Å². The van der Waals surface area contributed by atoms with Crippen LogP contribution in [0.4, 0.5) is 8.78 Å². The van der Waals surface area contributed by atoms with Crippen LogP contribution in [-0.2, 0) is 5.60 Å². The number of rotatable bonds is 5. The Labute approximate surface area is 125 Å². The molecule has 0 spiro atoms. The Balaban J connectivity index is 1.86. The number of nitrogens with zero attached hydrogens (tertiary/aromatic N) is 4. The minimum Gasteiger partial charge on any atom is -0.382 e. The predicted octanol–water partition coefficient (Wildman–Crippen LogP) is -0.236. The fourth-order valence-corrected chi connectivity index (χ4v) is 2.52. The number of halogens is 2. The monoisotopic (exact) mass is 310 g/mol. The van der Waals surface area contributed by atoms with Crippen LogP contribution < -0.4 is 10.9 Å². The molecule has 7 nitrogen and oxygen atoms in total. The van der Waals surface area contributed by atoms with E-state index < -0.39 is 17.2 Å². The van der Waals surface area contributed by atoms with Crippen molar-refractivity contribution in [2.24, 2.45) is 9.98 Å². The molecular weight excluding hydrogens is 294 g/mol. The topological polar surface area (TPSA) is 75.5 Å². The Bertz CT molecular complexity index is 568. The second-order valence-electron chi connectivity index (χ2n) is 5.22. The highest BCUT2D eigenvalue weighted by Crippen LogP contribution is 2.27. The Morgan fingerprint density at radius 2 is 1.68 bits per heavy atom. The minimum atomic E-state index is -1.57. The second-order valence-corrected chi connectivity index (χ2v) is 5.22. The van der Waals surface area contributed by atoms with Crippen LogP contribution in [-0.4, -0.2) is 54.2 Å². The molecule has 0 aliphatic carbocycles. The van der Waals surface area contributed by atoms with Gasteiger partial charge in [0.1, 0.15) is 30.6 Å². The van der Waals surface area contributed by atoms with Gasteiger partial charge in [-0.3, -0.25) is 9.98 Å². The van der Waals surface area contributed by atoms with Gasteiger partial charge in [-0.1, -0.05) is 6.07 Å². The second kappa shape index (κ2) is 5.95. The molecule has 0 saturated carbocycles. The van der Waals surface area contributed by atoms with E-state index >= 15 is 0 Å². The highest BCUT2D eigenvalue weighted by atomic mass is 19.1. The molecular formula is C13H16F2N6O. The zero-order chi connectivity index (χ0) is 15.6. The highest BCUT2D eigenvalue weighted by molar-refractivity contribution is 5.55. The number of β-amino-alcohol motifs (C(OH)–C–C–N with tert-alkyl or cyclic N) is 1. The lowest BCUT2D eigenvalue weighted by Gasteiger charge is -2.35. The molecule has 0 fully saturated rings. The summed E-state index contributed by atoms with van der Waals surface area (Å²) in [4.78, 5) is 7.96. The van der Waals surface area contributed by atoms with Gasteiger partial charge in [0.15, 0.2) is 0 Å². The molecule has 9 heteroatoms. The Kier molecular flexibility index (Phi) is 4.01. The number of hydrogen-bond donors (Lipinski definition) is 3. The number of hydrazine groups is 2. The summed E-state index contributed by atoms with van der Waals surface area (Å²) >= 11 is 0. The van der Waals surface area contributed by atoms with Gasteiger partial charge in [0.2, 0.25) is 0 Å². The largest absolute Gasteiger partial charge is 0.382 e. The van der Waals surface area contributed by atoms with Gasteiger partial charge >= 0.3 is 0 Å². The summed E-state index contributed by atoms with van der Waals surface area (Å²) in [6.45, 7) is 0.839. The fraction of sp³-hybridized carbons (Fsp3) is 0.385. The molecule has 0 bridgehead atoms. The van der Waals surface area contributed by atoms with Crippen LogP contribution >= 0.6 is 0 Å². The highest BCUT2D eigenvalue weighted by Gasteiger charge is 2.37. The number of benzene rings is 1. The van der Waals surface area contributed by atoms with E-state index in [9.17, 15) is 13.9 Å². The van der Waals surface area contributed by atoms with E-state index in [2.05, 4.69) is 20.8 Å². The Morgan fingerprint density at radius 1 is 1.09 bits per heavy atom. The molecule has 3 rings (SSSR count). The van der Waals surface area contributed by atoms with Gasteiger partial charge in [-0.2, -0.15) is 10.0 Å². The summed E-state index contributed by atoms with van der Waals surface area (Å²) in [6.07, 6.45) is 3.00. The molecule has 0 amide bonds. The molecule has 0 saturated heterocycles. The van der Waals surface area contributed by atoms with Crippen molar-refractivity contribution >= 4 is 12.7 Å². The first-order valence-corrected chi connectivity index (χ1v) is 6.74. The molecule has 0 unspecified atom stereocenters. The molecule has 2 heterocycles. The molecule has 2 aliphatic heterocycles. The molecule has 0 aromatic heterocycles. The zero-order valence-electron chi connectivity index (χ0n) is 11.7. The maximum atomic E-state index is 14.2. The molecule has 1 aromatic rings. The lowest BCUT2D eigenvalue weighted by Crippen LogP contribution is -2.52. The zero-order valence-corrected chi connectivity index (χ0v) is 11.7. The Morgan fingerprint density at radius 3 is 2.14 bits per heavy atom. The quantitative estimate of drug-likeness (QED) is 0.700. The molecule has 3 N–H and O–H groups in total. The average molecular weight is 310 g/mol. The fourth-order valence-electron chi connectivity index (χ4n) is 2.52. The first kappa shape index (κ1) is 14.8. The van der Waals surface area contributed by atoms with Gasteiger partial charge < -0.3 is 16.0 Å². The average Bonchev–Trinajstić information content (AvgIpc) is 3.12. The van der Waals surface area contributed by atoms with Gasteiger partial charge in [-0.25, -0.2) is 8.78 Å². The van der Waals surface area contributed by atoms with Crippen LogP contribution in [0.1, 0.15) is 5.56 Å². The van der Waals surface area contributed by atoms with E-state index in [-0.39, 0.29) is 18.7 Å². The van der Waals surface area contributed by atoms with Gasteiger partial charge in [0.25, 0.3) is 0 Å². The first-order valence-electron chi connectivity index (χ1n) is 6.74. The van der Waals surface area contributed by atoms with E-state index in [1.165, 1.54) is 18.7 Å². The summed E-state index contributed by atoms with van der Waals surface area (Å²) < 4.78 is 27.3. The molecule has 0 atom stereocenters. The third-order valence-electron chi connectivity index (χ3n) is 3.51. The van der Waals surface area contributed by atoms with Crippen molar-refractivity contribution in [1.29, 1.82) is 0 Å². The maximum Gasteiger partial charge on any atom is 0.132 e. The van der Waals surface area contributed by atoms with Crippen molar-refractivity contribution in [2.75, 3.05) is 26.4 Å². The summed E-state index contributed by atoms with van der Waals surface area (Å²) in [6, 6.07) is 3.16. The SMILES string of the molecule is OC(CN1CN=CN1)(CN1CN=CN1)c1ccc(F)cc1F. The van der Waals surface area contributed by atoms with Crippen LogP contribution in [0.15, 0.2) is 28.2 Å². The van der Waals surface area contributed by atoms with E-state index in [1.54, 1.807) is 10.0 Å². The van der Waals surface area contributed by atoms with Gasteiger partial charge in [0.05, 0.1) is 25.8 Å². The molecule has 118 valence electrons. The van der Waals surface area contributed by atoms with Crippen molar-refractivity contribution in [2.45, 2.75) is 5.60 Å². The molecule has 0 radical (unpaired) electrons. The normalized spacial score (nSPS) is 18.7. The van der Waals surface area contributed by atoms with Crippen LogP contribution in [0.2, 0.25) is 0 Å². The summed E-state index contributed by atoms with van der Waals surface area (Å²) in [7, 11) is 0. The number of aliphatic hydroxyl groups is 1. The van der Waals surface area contributed by atoms with Crippen molar-refractivity contribution in [3.63, 3.8) is 0 Å². The van der Waals surface area contributed by atoms with E-state index in [1.807, 2.05) is 0 Å². The lowest BCUT2D eigenvalue weighted by molar-refractivity contribution is -0.0381. The van der Waals surface area contributed by atoms with E-state index in [4.69, 9.17) is 0 Å². The number of hydrogen-bond acceptors (Lipinski definition) is 7. The van der Waals surface area contributed by atoms with Crippen molar-refractivity contribution < 1.29 is 13.9 Å². The third kappa shape index (κ3) is 3.06. The third-order valence-corrected chi connectivity index (χ3v) is 3.51. The van der Waals surface area contributed by atoms with Crippen molar-refractivity contribution in [3.8, 4) is 0 Å². The van der Waals surface area contributed by atoms with E-state index in [0.29, 0.717) is 13.3 Å². The van der Waals surface area contributed by atoms with Gasteiger partial charge in [-0.05, 0) is 6.07 Å². The Hall–Kier alpha value is -2.10. The summed E-state index contributed by atoms with van der Waals surface area (Å²) in [5.41, 5.74) is 4.16. The summed E-state index contributed by atoms with van der Waals surface area (Å²) in [5.74, 6) is -1.48. The van der Waals surface area contributed by atoms with Crippen molar-refractivity contribution in [1.82, 2.24) is 20.9 Å². The standard InChI is InChI=1S/C13H16F2N6O/c14-10-1-2-11(12(15)3-10)13(22,4-20-8-16-6-18-20)5-21-9-17-7-19-21/h1-3,6-7,22H,4-5,8-9H2,(H,16,18)(H,17,19). The molecule has 1 aromatic carbocycles. The molecule has 22 heavy (non-hydrogen) atoms. The van der Waals surface area contributed by atoms with Gasteiger partial charge in [0, 0.05) is 11.6 Å². The lowest BCUT2D eigenvalue weighted by atomic mass is 9.92. The van der Waals surface area contributed by atoms with Crippen LogP contribution in [0, 0.1) is 11.6 Å². The molecule has 2 aliphatic rings. The minimum absolute atomic E-state index is 0.0244. The van der Waals surface area contributed by atoms with Crippen LogP contribution in [0.25, 0.3) is 0 Å².